The van der Waals surface area contributed by atoms with Crippen molar-refractivity contribution < 1.29 is 39.5 Å². The van der Waals surface area contributed by atoms with E-state index in [9.17, 15) is 55.3 Å². The second-order valence-electron chi connectivity index (χ2n) is 6.69. The summed E-state index contributed by atoms with van der Waals surface area (Å²) in [7, 11) is 0. The fourth-order valence-corrected chi connectivity index (χ4v) is 3.12. The number of benzene rings is 2. The van der Waals surface area contributed by atoms with Gasteiger partial charge in [0.2, 0.25) is 0 Å². The minimum atomic E-state index is -5.83. The number of rotatable bonds is 1. The Balaban J connectivity index is 3.40. The van der Waals surface area contributed by atoms with Gasteiger partial charge in [-0.15, -0.1) is 0 Å². The molecule has 0 aliphatic rings. The minimum absolute atomic E-state index is 0.499. The molecule has 5 nitrogen and oxygen atoms in total. The van der Waals surface area contributed by atoms with Gasteiger partial charge in [0, 0.05) is 16.0 Å². The van der Waals surface area contributed by atoms with Crippen LogP contribution in [0.25, 0.3) is 11.1 Å². The van der Waals surface area contributed by atoms with Gasteiger partial charge in [-0.05, 0) is 24.3 Å². The molecule has 0 aliphatic heterocycles. The van der Waals surface area contributed by atoms with Crippen LogP contribution >= 0.6 is 0 Å². The molecule has 2 rings (SSSR count). The summed E-state index contributed by atoms with van der Waals surface area (Å²) >= 11 is 0. The zero-order valence-corrected chi connectivity index (χ0v) is 16.9. The normalized spacial score (nSPS) is 12.3. The first-order valence-electron chi connectivity index (χ1n) is 8.88. The van der Waals surface area contributed by atoms with Gasteiger partial charge in [-0.2, -0.15) is 65.8 Å². The average molecular weight is 509 g/mol. The highest BCUT2D eigenvalue weighted by Gasteiger charge is 2.45. The molecule has 0 aliphatic carbocycles. The highest BCUT2D eigenvalue weighted by Crippen LogP contribution is 2.45. The Morgan fingerprint density at radius 2 is 0.972 bits per heavy atom. The van der Waals surface area contributed by atoms with E-state index in [-0.39, 0.29) is 0 Å². The van der Waals surface area contributed by atoms with Crippen LogP contribution in [0.1, 0.15) is 33.4 Å². The number of hydrogen-bond acceptors (Lipinski definition) is 5. The summed E-state index contributed by atoms with van der Waals surface area (Å²) in [5.74, 6) is 0. The van der Waals surface area contributed by atoms with E-state index in [0.717, 1.165) is 6.07 Å². The molecular formula is C22H4F9N5. The standard InChI is InChI=1S/C22H4F9N5/c23-20(24,25)13-3-17(21(26,27)28)19(18(4-13)22(29,30)31)16(9-36)15-2-10(5-32)14(1-11(15)6-33)12(7-34)8-35/h1-4H/b16-15+. The molecule has 180 valence electrons. The van der Waals surface area contributed by atoms with Crippen molar-refractivity contribution in [3.63, 3.8) is 0 Å². The Labute approximate surface area is 194 Å². The highest BCUT2D eigenvalue weighted by molar-refractivity contribution is 5.83. The molecule has 2 aromatic rings. The number of hydrogen-bond donors (Lipinski definition) is 0. The molecule has 0 spiro atoms. The maximum absolute atomic E-state index is 13.7. The second kappa shape index (κ2) is 9.33. The fourth-order valence-electron chi connectivity index (χ4n) is 3.12. The van der Waals surface area contributed by atoms with Gasteiger partial charge in [-0.1, -0.05) is 0 Å². The molecule has 0 atom stereocenters. The van der Waals surface area contributed by atoms with Crippen LogP contribution in [0.15, 0.2) is 24.3 Å². The third kappa shape index (κ3) is 5.06. The molecule has 2 aromatic carbocycles. The smallest absolute Gasteiger partial charge is 0.192 e. The van der Waals surface area contributed by atoms with Crippen LogP contribution in [0, 0.1) is 56.7 Å². The molecule has 14 heteroatoms. The summed E-state index contributed by atoms with van der Waals surface area (Å²) in [6.07, 6.45) is -17.3. The highest BCUT2D eigenvalue weighted by atomic mass is 19.4. The number of alkyl halides is 9. The number of nitriles is 5. The topological polar surface area (TPSA) is 119 Å². The predicted molar refractivity (Wildman–Crippen MR) is 99.3 cm³/mol. The molecule has 0 bridgehead atoms. The molecule has 0 heterocycles. The molecule has 0 aromatic heterocycles. The van der Waals surface area contributed by atoms with Crippen molar-refractivity contribution >= 4 is 11.1 Å². The lowest BCUT2D eigenvalue weighted by molar-refractivity contribution is -0.148. The monoisotopic (exact) mass is 509 g/mol. The van der Waals surface area contributed by atoms with E-state index in [0.29, 0.717) is 12.1 Å². The Hall–Kier alpha value is -5.00. The third-order valence-corrected chi connectivity index (χ3v) is 4.60. The first-order valence-corrected chi connectivity index (χ1v) is 8.88. The molecule has 36 heavy (non-hydrogen) atoms. The summed E-state index contributed by atoms with van der Waals surface area (Å²) in [6, 6.07) is 6.55. The number of halogens is 9. The van der Waals surface area contributed by atoms with E-state index in [4.69, 9.17) is 10.5 Å². The second-order valence-corrected chi connectivity index (χ2v) is 6.69. The molecule has 0 fully saturated rings. The molecule has 0 saturated heterocycles. The molecule has 0 radical (unpaired) electrons. The summed E-state index contributed by atoms with van der Waals surface area (Å²) in [6.45, 7) is 0. The van der Waals surface area contributed by atoms with E-state index in [1.54, 1.807) is 0 Å². The maximum atomic E-state index is 13.7. The Morgan fingerprint density at radius 1 is 0.556 bits per heavy atom. The lowest BCUT2D eigenvalue weighted by Crippen LogP contribution is -2.25. The SMILES string of the molecule is N#CC(C#N)=c1cc(C#N)/c(=C(\C#N)c2c(C(F)(F)F)cc(C(F)(F)F)cc2C(F)(F)F)cc1C#N. The van der Waals surface area contributed by atoms with Crippen molar-refractivity contribution in [1.29, 1.82) is 26.3 Å². The average Bonchev–Trinajstić information content (AvgIpc) is 2.78. The van der Waals surface area contributed by atoms with E-state index in [1.807, 2.05) is 0 Å². The van der Waals surface area contributed by atoms with Gasteiger partial charge >= 0.3 is 18.5 Å². The zero-order valence-electron chi connectivity index (χ0n) is 16.9. The van der Waals surface area contributed by atoms with Crippen LogP contribution in [-0.4, -0.2) is 0 Å². The van der Waals surface area contributed by atoms with Gasteiger partial charge in [0.15, 0.2) is 0 Å². The van der Waals surface area contributed by atoms with Crippen LogP contribution in [0.4, 0.5) is 39.5 Å². The molecule has 0 saturated carbocycles. The van der Waals surface area contributed by atoms with Crippen molar-refractivity contribution in [3.8, 4) is 30.3 Å². The van der Waals surface area contributed by atoms with Crippen LogP contribution in [0.5, 0.6) is 0 Å². The first kappa shape index (κ1) is 27.2. The van der Waals surface area contributed by atoms with E-state index >= 15 is 0 Å². The zero-order chi connectivity index (χ0) is 27.6. The van der Waals surface area contributed by atoms with Crippen molar-refractivity contribution in [2.24, 2.45) is 0 Å². The van der Waals surface area contributed by atoms with E-state index in [1.165, 1.54) is 24.3 Å². The van der Waals surface area contributed by atoms with Crippen LogP contribution in [-0.2, 0) is 18.5 Å². The molecule has 0 unspecified atom stereocenters. The van der Waals surface area contributed by atoms with Crippen LogP contribution in [0.3, 0.4) is 0 Å². The lowest BCUT2D eigenvalue weighted by atomic mass is 9.88. The summed E-state index contributed by atoms with van der Waals surface area (Å²) in [4.78, 5) is 0. The Kier molecular flexibility index (Phi) is 7.06. The van der Waals surface area contributed by atoms with Gasteiger partial charge in [-0.3, -0.25) is 0 Å². The summed E-state index contributed by atoms with van der Waals surface area (Å²) in [5, 5.41) is 44.8. The van der Waals surface area contributed by atoms with Gasteiger partial charge in [0.1, 0.15) is 23.8 Å². The summed E-state index contributed by atoms with van der Waals surface area (Å²) in [5.41, 5.74) is -13.0. The van der Waals surface area contributed by atoms with E-state index < -0.39 is 85.6 Å². The Morgan fingerprint density at radius 3 is 1.31 bits per heavy atom. The van der Waals surface area contributed by atoms with Crippen molar-refractivity contribution in [1.82, 2.24) is 0 Å². The first-order chi connectivity index (χ1) is 16.5. The van der Waals surface area contributed by atoms with Crippen molar-refractivity contribution in [2.45, 2.75) is 18.5 Å². The van der Waals surface area contributed by atoms with E-state index in [2.05, 4.69) is 0 Å². The molecule has 0 N–H and O–H groups in total. The lowest BCUT2D eigenvalue weighted by Gasteiger charge is -2.21. The Bertz CT molecular complexity index is 1540. The number of nitrogens with zero attached hydrogens (tertiary/aromatic N) is 5. The van der Waals surface area contributed by atoms with Crippen molar-refractivity contribution in [3.05, 3.63) is 68.1 Å². The maximum Gasteiger partial charge on any atom is 0.417 e. The van der Waals surface area contributed by atoms with Gasteiger partial charge in [-0.25, -0.2) is 0 Å². The minimum Gasteiger partial charge on any atom is -0.192 e. The van der Waals surface area contributed by atoms with Crippen molar-refractivity contribution in [2.75, 3.05) is 0 Å². The van der Waals surface area contributed by atoms with Crippen LogP contribution in [0.2, 0.25) is 0 Å². The fraction of sp³-hybridized carbons (Fsp3) is 0.136. The van der Waals surface area contributed by atoms with Gasteiger partial charge in [0.25, 0.3) is 0 Å². The third-order valence-electron chi connectivity index (χ3n) is 4.60. The quantitative estimate of drug-likeness (QED) is 0.528. The van der Waals surface area contributed by atoms with Gasteiger partial charge < -0.3 is 0 Å². The largest absolute Gasteiger partial charge is 0.417 e. The predicted octanol–water partition coefficient (Wildman–Crippen LogP) is 4.41. The molecule has 0 amide bonds. The van der Waals surface area contributed by atoms with Crippen LogP contribution < -0.4 is 10.4 Å². The van der Waals surface area contributed by atoms with Gasteiger partial charge in [0.05, 0.1) is 45.5 Å². The molecular weight excluding hydrogens is 505 g/mol. The summed E-state index contributed by atoms with van der Waals surface area (Å²) < 4.78 is 122.